The lowest BCUT2D eigenvalue weighted by molar-refractivity contribution is 1.22. The van der Waals surface area contributed by atoms with Crippen LogP contribution in [0.3, 0.4) is 0 Å². The van der Waals surface area contributed by atoms with Crippen molar-refractivity contribution in [2.45, 2.75) is 4.90 Å². The van der Waals surface area contributed by atoms with Crippen molar-refractivity contribution in [2.75, 3.05) is 4.31 Å². The van der Waals surface area contributed by atoms with Crippen molar-refractivity contribution < 1.29 is 0 Å². The minimum Gasteiger partial charge on any atom is -0.263 e. The van der Waals surface area contributed by atoms with E-state index in [0.717, 1.165) is 49.5 Å². The van der Waals surface area contributed by atoms with E-state index in [1.54, 1.807) is 11.9 Å². The summed E-state index contributed by atoms with van der Waals surface area (Å²) in [5.41, 5.74) is 5.18. The van der Waals surface area contributed by atoms with E-state index in [0.29, 0.717) is 0 Å². The van der Waals surface area contributed by atoms with E-state index in [4.69, 9.17) is 9.97 Å². The molecule has 0 aliphatic carbocycles. The predicted octanol–water partition coefficient (Wildman–Crippen LogP) is 6.61. The highest BCUT2D eigenvalue weighted by Gasteiger charge is 2.28. The largest absolute Gasteiger partial charge is 0.263 e. The highest BCUT2D eigenvalue weighted by Crippen LogP contribution is 2.49. The van der Waals surface area contributed by atoms with Gasteiger partial charge in [-0.1, -0.05) is 54.6 Å². The van der Waals surface area contributed by atoms with Crippen molar-refractivity contribution in [3.63, 3.8) is 0 Å². The first kappa shape index (κ1) is 15.7. The number of pyridine rings is 2. The molecule has 4 heteroatoms. The molecule has 0 unspecified atom stereocenters. The van der Waals surface area contributed by atoms with Crippen LogP contribution in [0, 0.1) is 0 Å². The number of hydrogen-bond donors (Lipinski definition) is 0. The molecule has 0 bridgehead atoms. The third kappa shape index (κ3) is 2.38. The lowest BCUT2D eigenvalue weighted by Gasteiger charge is -2.30. The van der Waals surface area contributed by atoms with Crippen LogP contribution in [0.25, 0.3) is 33.1 Å². The molecule has 3 aromatic carbocycles. The van der Waals surface area contributed by atoms with Gasteiger partial charge in [-0.15, -0.1) is 0 Å². The van der Waals surface area contributed by atoms with Gasteiger partial charge in [0.05, 0.1) is 27.3 Å². The summed E-state index contributed by atoms with van der Waals surface area (Å²) >= 11 is 1.68. The van der Waals surface area contributed by atoms with Gasteiger partial charge in [-0.25, -0.2) is 9.97 Å². The summed E-state index contributed by atoms with van der Waals surface area (Å²) in [6.45, 7) is 0. The van der Waals surface area contributed by atoms with Crippen molar-refractivity contribution in [2.24, 2.45) is 0 Å². The van der Waals surface area contributed by atoms with Gasteiger partial charge in [-0.2, -0.15) is 0 Å². The van der Waals surface area contributed by atoms with Gasteiger partial charge in [0, 0.05) is 16.3 Å². The van der Waals surface area contributed by atoms with E-state index in [1.807, 2.05) is 18.2 Å². The first-order chi connectivity index (χ1) is 13.9. The van der Waals surface area contributed by atoms with Gasteiger partial charge in [-0.05, 0) is 48.3 Å². The number of hydrogen-bond acceptors (Lipinski definition) is 4. The molecular weight excluding hydrogens is 362 g/mol. The molecule has 0 saturated heterocycles. The number of anilines is 2. The Hall–Kier alpha value is -3.37. The summed E-state index contributed by atoms with van der Waals surface area (Å²) in [6.07, 6.45) is 0. The van der Waals surface area contributed by atoms with E-state index in [-0.39, 0.29) is 0 Å². The van der Waals surface area contributed by atoms with Gasteiger partial charge < -0.3 is 0 Å². The van der Waals surface area contributed by atoms with E-state index in [9.17, 15) is 0 Å². The summed E-state index contributed by atoms with van der Waals surface area (Å²) < 4.78 is 2.21. The van der Waals surface area contributed by atoms with Crippen molar-refractivity contribution in [3.8, 4) is 11.3 Å². The van der Waals surface area contributed by atoms with Crippen molar-refractivity contribution in [1.29, 1.82) is 0 Å². The maximum Gasteiger partial charge on any atom is 0.153 e. The Labute approximate surface area is 166 Å². The topological polar surface area (TPSA) is 29.0 Å². The van der Waals surface area contributed by atoms with E-state index < -0.39 is 0 Å². The Morgan fingerprint density at radius 1 is 0.643 bits per heavy atom. The molecule has 2 aromatic heterocycles. The van der Waals surface area contributed by atoms with Crippen molar-refractivity contribution >= 4 is 45.3 Å². The SMILES string of the molecule is c1ccc(N2Sc3cc4ccccc4nc3-c3cc4ccccc4nc32)cc1. The van der Waals surface area contributed by atoms with Crippen LogP contribution in [0.4, 0.5) is 11.5 Å². The van der Waals surface area contributed by atoms with E-state index in [2.05, 4.69) is 77.1 Å². The Bertz CT molecular complexity index is 1350. The van der Waals surface area contributed by atoms with Crippen LogP contribution in [0.5, 0.6) is 0 Å². The lowest BCUT2D eigenvalue weighted by Crippen LogP contribution is -2.15. The Balaban J connectivity index is 1.68. The lowest BCUT2D eigenvalue weighted by atomic mass is 10.1. The molecular formula is C24H15N3S. The van der Waals surface area contributed by atoms with E-state index in [1.165, 1.54) is 0 Å². The molecule has 1 aliphatic rings. The minimum absolute atomic E-state index is 0.935. The Kier molecular flexibility index (Phi) is 3.40. The van der Waals surface area contributed by atoms with Crippen LogP contribution < -0.4 is 4.31 Å². The molecule has 0 saturated carbocycles. The van der Waals surface area contributed by atoms with Crippen LogP contribution in [0.1, 0.15) is 0 Å². The first-order valence-electron chi connectivity index (χ1n) is 9.20. The molecule has 0 amide bonds. The third-order valence-electron chi connectivity index (χ3n) is 5.02. The zero-order valence-corrected chi connectivity index (χ0v) is 15.7. The van der Waals surface area contributed by atoms with Crippen LogP contribution in [-0.2, 0) is 0 Å². The number of fused-ring (bicyclic) bond motifs is 5. The molecule has 0 radical (unpaired) electrons. The molecule has 3 nitrogen and oxygen atoms in total. The summed E-state index contributed by atoms with van der Waals surface area (Å²) in [7, 11) is 0. The number of aromatic nitrogens is 2. The number of nitrogens with zero attached hydrogens (tertiary/aromatic N) is 3. The molecule has 6 rings (SSSR count). The highest BCUT2D eigenvalue weighted by atomic mass is 32.2. The second-order valence-corrected chi connectivity index (χ2v) is 7.79. The molecule has 132 valence electrons. The van der Waals surface area contributed by atoms with Gasteiger partial charge in [0.15, 0.2) is 5.82 Å². The molecule has 3 heterocycles. The Morgan fingerprint density at radius 3 is 2.07 bits per heavy atom. The standard InChI is InChI=1S/C24H15N3S/c1-2-10-18(11-3-1)27-24-19(14-16-8-4-7-13-21(16)26-24)23-22(28-27)15-17-9-5-6-12-20(17)25-23/h1-15H. The van der Waals surface area contributed by atoms with Crippen molar-refractivity contribution in [3.05, 3.63) is 91.0 Å². The predicted molar refractivity (Wildman–Crippen MR) is 117 cm³/mol. The maximum atomic E-state index is 5.02. The summed E-state index contributed by atoms with van der Waals surface area (Å²) in [4.78, 5) is 11.2. The summed E-state index contributed by atoms with van der Waals surface area (Å²) in [5.74, 6) is 0.935. The fourth-order valence-electron chi connectivity index (χ4n) is 3.67. The smallest absolute Gasteiger partial charge is 0.153 e. The van der Waals surface area contributed by atoms with Crippen LogP contribution in [0.2, 0.25) is 0 Å². The van der Waals surface area contributed by atoms with Gasteiger partial charge in [-0.3, -0.25) is 4.31 Å². The molecule has 0 fully saturated rings. The maximum absolute atomic E-state index is 5.02. The van der Waals surface area contributed by atoms with Gasteiger partial charge in [0.25, 0.3) is 0 Å². The molecule has 28 heavy (non-hydrogen) atoms. The summed E-state index contributed by atoms with van der Waals surface area (Å²) in [5, 5.41) is 2.28. The summed E-state index contributed by atoms with van der Waals surface area (Å²) in [6, 6.07) is 31.4. The number of para-hydroxylation sites is 3. The zero-order valence-electron chi connectivity index (χ0n) is 14.9. The molecule has 5 aromatic rings. The molecule has 0 N–H and O–H groups in total. The van der Waals surface area contributed by atoms with Gasteiger partial charge in [0.2, 0.25) is 0 Å². The minimum atomic E-state index is 0.935. The van der Waals surface area contributed by atoms with Crippen LogP contribution in [-0.4, -0.2) is 9.97 Å². The zero-order chi connectivity index (χ0) is 18.5. The normalized spacial score (nSPS) is 12.8. The monoisotopic (exact) mass is 377 g/mol. The first-order valence-corrected chi connectivity index (χ1v) is 9.97. The molecule has 0 spiro atoms. The average Bonchev–Trinajstić information content (AvgIpc) is 2.76. The number of benzene rings is 3. The van der Waals surface area contributed by atoms with Gasteiger partial charge in [0.1, 0.15) is 0 Å². The van der Waals surface area contributed by atoms with Crippen molar-refractivity contribution in [1.82, 2.24) is 9.97 Å². The Morgan fingerprint density at radius 2 is 1.29 bits per heavy atom. The number of rotatable bonds is 1. The second-order valence-electron chi connectivity index (χ2n) is 6.80. The highest BCUT2D eigenvalue weighted by molar-refractivity contribution is 8.01. The van der Waals surface area contributed by atoms with Gasteiger partial charge >= 0.3 is 0 Å². The third-order valence-corrected chi connectivity index (χ3v) is 6.09. The van der Waals surface area contributed by atoms with E-state index >= 15 is 0 Å². The molecule has 1 aliphatic heterocycles. The second kappa shape index (κ2) is 6.08. The fourth-order valence-corrected chi connectivity index (χ4v) is 4.75. The molecule has 0 atom stereocenters. The average molecular weight is 377 g/mol. The van der Waals surface area contributed by atoms with Crippen LogP contribution in [0.15, 0.2) is 95.9 Å². The fraction of sp³-hybridized carbons (Fsp3) is 0. The quantitative estimate of drug-likeness (QED) is 0.307. The van der Waals surface area contributed by atoms with Crippen LogP contribution >= 0.6 is 11.9 Å².